The van der Waals surface area contributed by atoms with E-state index in [-0.39, 0.29) is 18.0 Å². The fourth-order valence-corrected chi connectivity index (χ4v) is 2.03. The minimum Gasteiger partial charge on any atom is -0.469 e. The fraction of sp³-hybridized carbons (Fsp3) is 0.846. The average molecular weight is 257 g/mol. The highest BCUT2D eigenvalue weighted by Gasteiger charge is 2.18. The fourth-order valence-electron chi connectivity index (χ4n) is 2.03. The molecule has 1 fully saturated rings. The monoisotopic (exact) mass is 257 g/mol. The van der Waals surface area contributed by atoms with Gasteiger partial charge in [-0.15, -0.1) is 0 Å². The maximum absolute atomic E-state index is 11.8. The van der Waals surface area contributed by atoms with Crippen molar-refractivity contribution in [3.05, 3.63) is 0 Å². The first kappa shape index (κ1) is 15.0. The number of esters is 1. The summed E-state index contributed by atoms with van der Waals surface area (Å²) in [5.41, 5.74) is 0. The Morgan fingerprint density at radius 2 is 2.17 bits per heavy atom. The molecule has 0 N–H and O–H groups in total. The summed E-state index contributed by atoms with van der Waals surface area (Å²) in [7, 11) is 3.15. The highest BCUT2D eigenvalue weighted by atomic mass is 16.5. The predicted molar refractivity (Wildman–Crippen MR) is 67.1 cm³/mol. The molecule has 0 aliphatic carbocycles. The predicted octanol–water partition coefficient (Wildman–Crippen LogP) is 1.36. The highest BCUT2D eigenvalue weighted by molar-refractivity contribution is 5.76. The van der Waals surface area contributed by atoms with Crippen LogP contribution in [0, 0.1) is 0 Å². The van der Waals surface area contributed by atoms with Gasteiger partial charge in [0.25, 0.3) is 0 Å². The third-order valence-electron chi connectivity index (χ3n) is 3.23. The lowest BCUT2D eigenvalue weighted by molar-refractivity contribution is -0.141. The second-order valence-electron chi connectivity index (χ2n) is 4.67. The maximum Gasteiger partial charge on any atom is 0.305 e. The average Bonchev–Trinajstić information content (AvgIpc) is 2.88. The number of nitrogens with zero attached hydrogens (tertiary/aromatic N) is 1. The normalized spacial score (nSPS) is 18.7. The van der Waals surface area contributed by atoms with Crippen LogP contribution < -0.4 is 0 Å². The molecule has 1 rings (SSSR count). The van der Waals surface area contributed by atoms with Crippen LogP contribution in [0.5, 0.6) is 0 Å². The number of carbonyl (C=O) groups excluding carboxylic acids is 2. The van der Waals surface area contributed by atoms with Crippen molar-refractivity contribution in [3.8, 4) is 0 Å². The molecule has 1 atom stereocenters. The minimum atomic E-state index is -0.227. The third-order valence-corrected chi connectivity index (χ3v) is 3.23. The van der Waals surface area contributed by atoms with Crippen LogP contribution in [0.15, 0.2) is 0 Å². The molecule has 1 aliphatic rings. The zero-order valence-corrected chi connectivity index (χ0v) is 11.3. The van der Waals surface area contributed by atoms with E-state index in [0.717, 1.165) is 25.9 Å². The van der Waals surface area contributed by atoms with E-state index in [1.807, 2.05) is 0 Å². The van der Waals surface area contributed by atoms with Crippen molar-refractivity contribution in [1.29, 1.82) is 0 Å². The molecule has 0 aromatic heterocycles. The summed E-state index contributed by atoms with van der Waals surface area (Å²) >= 11 is 0. The number of carbonyl (C=O) groups is 2. The maximum atomic E-state index is 11.8. The smallest absolute Gasteiger partial charge is 0.305 e. The summed E-state index contributed by atoms with van der Waals surface area (Å²) in [6.45, 7) is 1.42. The Balaban J connectivity index is 2.10. The van der Waals surface area contributed by atoms with E-state index in [1.165, 1.54) is 7.11 Å². The van der Waals surface area contributed by atoms with Crippen molar-refractivity contribution in [1.82, 2.24) is 4.90 Å². The van der Waals surface area contributed by atoms with Crippen molar-refractivity contribution in [2.45, 2.75) is 44.6 Å². The molecule has 1 heterocycles. The van der Waals surface area contributed by atoms with Crippen LogP contribution in [0.4, 0.5) is 0 Å². The van der Waals surface area contributed by atoms with Gasteiger partial charge in [0.1, 0.15) is 0 Å². The van der Waals surface area contributed by atoms with Crippen LogP contribution in [0.2, 0.25) is 0 Å². The molecule has 1 amide bonds. The lowest BCUT2D eigenvalue weighted by Crippen LogP contribution is -2.28. The number of hydrogen-bond donors (Lipinski definition) is 0. The summed E-state index contributed by atoms with van der Waals surface area (Å²) < 4.78 is 10.0. The third kappa shape index (κ3) is 5.49. The summed E-state index contributed by atoms with van der Waals surface area (Å²) in [6, 6.07) is 0. The molecule has 18 heavy (non-hydrogen) atoms. The second-order valence-corrected chi connectivity index (χ2v) is 4.67. The molecule has 0 spiro atoms. The van der Waals surface area contributed by atoms with Gasteiger partial charge in [0, 0.05) is 33.0 Å². The molecule has 104 valence electrons. The molecular formula is C13H23NO4. The van der Waals surface area contributed by atoms with Crippen LogP contribution in [-0.4, -0.2) is 50.2 Å². The number of ether oxygens (including phenoxy) is 2. The van der Waals surface area contributed by atoms with Gasteiger partial charge < -0.3 is 14.4 Å². The van der Waals surface area contributed by atoms with Crippen molar-refractivity contribution >= 4 is 11.9 Å². The molecule has 5 heteroatoms. The van der Waals surface area contributed by atoms with Gasteiger partial charge in [0.2, 0.25) is 5.91 Å². The van der Waals surface area contributed by atoms with Gasteiger partial charge in [-0.3, -0.25) is 9.59 Å². The number of amides is 1. The number of hydrogen-bond acceptors (Lipinski definition) is 4. The Labute approximate surface area is 108 Å². The second kappa shape index (κ2) is 8.08. The highest BCUT2D eigenvalue weighted by Crippen LogP contribution is 2.17. The van der Waals surface area contributed by atoms with Crippen LogP contribution in [-0.2, 0) is 19.1 Å². The van der Waals surface area contributed by atoms with E-state index in [9.17, 15) is 9.59 Å². The van der Waals surface area contributed by atoms with E-state index >= 15 is 0 Å². The van der Waals surface area contributed by atoms with Crippen LogP contribution >= 0.6 is 0 Å². The zero-order chi connectivity index (χ0) is 13.4. The Bertz CT molecular complexity index is 274. The molecule has 0 aromatic carbocycles. The summed E-state index contributed by atoms with van der Waals surface area (Å²) in [5, 5.41) is 0. The molecule has 0 bridgehead atoms. The van der Waals surface area contributed by atoms with Gasteiger partial charge in [0.05, 0.1) is 13.2 Å². The number of methoxy groups -OCH3 is 1. The van der Waals surface area contributed by atoms with Crippen molar-refractivity contribution in [2.75, 3.05) is 27.3 Å². The standard InChI is InChI=1S/C13H23NO4/c1-14(9-3-6-13(16)17-2)12(15)8-7-11-5-4-10-18-11/h11H,3-10H2,1-2H3. The summed E-state index contributed by atoms with van der Waals surface area (Å²) in [4.78, 5) is 24.4. The molecule has 0 radical (unpaired) electrons. The summed E-state index contributed by atoms with van der Waals surface area (Å²) in [6.07, 6.45) is 4.78. The SMILES string of the molecule is COC(=O)CCCN(C)C(=O)CCC1CCCO1. The molecule has 5 nitrogen and oxygen atoms in total. The molecule has 1 aliphatic heterocycles. The largest absolute Gasteiger partial charge is 0.469 e. The van der Waals surface area contributed by atoms with E-state index in [4.69, 9.17) is 4.74 Å². The van der Waals surface area contributed by atoms with Gasteiger partial charge in [-0.1, -0.05) is 0 Å². The molecule has 0 saturated carbocycles. The zero-order valence-electron chi connectivity index (χ0n) is 11.3. The number of rotatable bonds is 7. The van der Waals surface area contributed by atoms with E-state index in [0.29, 0.717) is 25.8 Å². The van der Waals surface area contributed by atoms with Gasteiger partial charge >= 0.3 is 5.97 Å². The van der Waals surface area contributed by atoms with Gasteiger partial charge in [-0.05, 0) is 25.7 Å². The Kier molecular flexibility index (Phi) is 6.72. The Morgan fingerprint density at radius 1 is 1.39 bits per heavy atom. The van der Waals surface area contributed by atoms with E-state index < -0.39 is 0 Å². The van der Waals surface area contributed by atoms with Gasteiger partial charge in [0.15, 0.2) is 0 Å². The first-order valence-electron chi connectivity index (χ1n) is 6.56. The molecular weight excluding hydrogens is 234 g/mol. The van der Waals surface area contributed by atoms with Gasteiger partial charge in [-0.25, -0.2) is 0 Å². The minimum absolute atomic E-state index is 0.121. The first-order valence-corrected chi connectivity index (χ1v) is 6.56. The van der Waals surface area contributed by atoms with E-state index in [1.54, 1.807) is 11.9 Å². The molecule has 1 saturated heterocycles. The lowest BCUT2D eigenvalue weighted by atomic mass is 10.1. The van der Waals surface area contributed by atoms with Crippen LogP contribution in [0.25, 0.3) is 0 Å². The van der Waals surface area contributed by atoms with E-state index in [2.05, 4.69) is 4.74 Å². The quantitative estimate of drug-likeness (QED) is 0.646. The molecule has 0 aromatic rings. The topological polar surface area (TPSA) is 55.8 Å². The summed E-state index contributed by atoms with van der Waals surface area (Å²) in [5.74, 6) is -0.106. The van der Waals surface area contributed by atoms with Crippen LogP contribution in [0.1, 0.15) is 38.5 Å². The van der Waals surface area contributed by atoms with Crippen molar-refractivity contribution in [2.24, 2.45) is 0 Å². The van der Waals surface area contributed by atoms with Gasteiger partial charge in [-0.2, -0.15) is 0 Å². The Hall–Kier alpha value is -1.10. The van der Waals surface area contributed by atoms with Crippen molar-refractivity contribution in [3.63, 3.8) is 0 Å². The first-order chi connectivity index (χ1) is 8.63. The Morgan fingerprint density at radius 3 is 2.78 bits per heavy atom. The molecule has 1 unspecified atom stereocenters. The van der Waals surface area contributed by atoms with Crippen LogP contribution in [0.3, 0.4) is 0 Å². The van der Waals surface area contributed by atoms with Crippen molar-refractivity contribution < 1.29 is 19.1 Å². The lowest BCUT2D eigenvalue weighted by Gasteiger charge is -2.17.